The van der Waals surface area contributed by atoms with Crippen molar-refractivity contribution in [1.29, 1.82) is 0 Å². The molecular formula is C21H25N3O10S. The van der Waals surface area contributed by atoms with Crippen molar-refractivity contribution in [2.45, 2.75) is 21.7 Å². The number of nitrogens with zero attached hydrogens (tertiary/aromatic N) is 3. The smallest absolute Gasteiger partial charge is 0.351 e. The molecular weight excluding hydrogens is 486 g/mol. The van der Waals surface area contributed by atoms with E-state index in [0.717, 1.165) is 16.7 Å². The molecule has 2 aromatic rings. The number of benzene rings is 2. The van der Waals surface area contributed by atoms with E-state index in [1.165, 1.54) is 0 Å². The van der Waals surface area contributed by atoms with Crippen molar-refractivity contribution in [1.82, 2.24) is 9.80 Å². The standard InChI is InChI=1S/C21H25N3O10S/c25-9-10-34-21(32,33)20(30,31)24-7-5-23(6-8-24)19-11-3-1-2-4-12(11)35-18-13(22-19)14(26)15(27)16(28)17(18)29/h1-4,25-33H,5-10H2. The predicted octanol–water partition coefficient (Wildman–Crippen LogP) is -1.04. The molecule has 2 aliphatic rings. The first-order valence-corrected chi connectivity index (χ1v) is 11.3. The van der Waals surface area contributed by atoms with E-state index in [-0.39, 0.29) is 36.8 Å². The number of aliphatic hydroxyl groups excluding tert-OH is 1. The maximum atomic E-state index is 10.5. The van der Waals surface area contributed by atoms with Gasteiger partial charge in [0.1, 0.15) is 11.5 Å². The second kappa shape index (κ2) is 9.33. The maximum absolute atomic E-state index is 10.5. The fourth-order valence-corrected chi connectivity index (χ4v) is 4.91. The van der Waals surface area contributed by atoms with E-state index in [0.29, 0.717) is 16.3 Å². The zero-order chi connectivity index (χ0) is 25.5. The van der Waals surface area contributed by atoms with Gasteiger partial charge in [0.05, 0.1) is 18.1 Å². The third-order valence-electron chi connectivity index (χ3n) is 5.74. The highest BCUT2D eigenvalue weighted by molar-refractivity contribution is 7.99. The van der Waals surface area contributed by atoms with Crippen LogP contribution in [0.5, 0.6) is 23.0 Å². The van der Waals surface area contributed by atoms with Crippen LogP contribution in [-0.4, -0.2) is 113 Å². The Morgan fingerprint density at radius 1 is 0.886 bits per heavy atom. The molecule has 0 aromatic heterocycles. The van der Waals surface area contributed by atoms with Crippen LogP contribution >= 0.6 is 11.8 Å². The summed E-state index contributed by atoms with van der Waals surface area (Å²) < 4.78 is 4.57. The number of rotatable bonds is 5. The van der Waals surface area contributed by atoms with E-state index in [4.69, 9.17) is 5.11 Å². The van der Waals surface area contributed by atoms with E-state index < -0.39 is 48.1 Å². The van der Waals surface area contributed by atoms with Gasteiger partial charge in [-0.3, -0.25) is 0 Å². The molecule has 0 saturated carbocycles. The molecule has 2 heterocycles. The molecule has 1 fully saturated rings. The lowest BCUT2D eigenvalue weighted by atomic mass is 10.1. The lowest BCUT2D eigenvalue weighted by molar-refractivity contribution is -0.497. The Morgan fingerprint density at radius 2 is 1.51 bits per heavy atom. The summed E-state index contributed by atoms with van der Waals surface area (Å²) in [6, 6.07) is 7.01. The second-order valence-electron chi connectivity index (χ2n) is 7.90. The number of aliphatic hydroxyl groups is 5. The Balaban J connectivity index is 1.67. The second-order valence-corrected chi connectivity index (χ2v) is 8.95. The molecule has 2 aliphatic heterocycles. The quantitative estimate of drug-likeness (QED) is 0.133. The number of phenolic OH excluding ortho intramolecular Hbond substituents is 4. The van der Waals surface area contributed by atoms with Crippen LogP contribution in [-0.2, 0) is 4.74 Å². The average Bonchev–Trinajstić information content (AvgIpc) is 3.02. The Labute approximate surface area is 203 Å². The van der Waals surface area contributed by atoms with Crippen LogP contribution in [0.3, 0.4) is 0 Å². The number of hydrogen-bond donors (Lipinski definition) is 9. The van der Waals surface area contributed by atoms with E-state index in [1.807, 2.05) is 0 Å². The molecule has 9 N–H and O–H groups in total. The Kier molecular flexibility index (Phi) is 6.74. The Hall–Kier alpha value is -2.82. The predicted molar refractivity (Wildman–Crippen MR) is 120 cm³/mol. The number of ether oxygens (including phenoxy) is 1. The molecule has 2 aromatic carbocycles. The minimum atomic E-state index is -3.37. The number of hydrogen-bond acceptors (Lipinski definition) is 14. The third kappa shape index (κ3) is 4.34. The van der Waals surface area contributed by atoms with Crippen molar-refractivity contribution in [3.8, 4) is 23.0 Å². The third-order valence-corrected chi connectivity index (χ3v) is 6.90. The van der Waals surface area contributed by atoms with Gasteiger partial charge in [-0.15, -0.1) is 0 Å². The first kappa shape index (κ1) is 25.3. The van der Waals surface area contributed by atoms with Gasteiger partial charge < -0.3 is 55.6 Å². The number of piperazine rings is 1. The SMILES string of the molecule is OCCOC(O)(O)C(O)(O)N1CCN(C2=Nc3c(O)c(O)c(O)c(O)c3Sc3ccccc32)CC1. The molecule has 4 rings (SSSR count). The van der Waals surface area contributed by atoms with Gasteiger partial charge in [0.15, 0.2) is 11.5 Å². The van der Waals surface area contributed by atoms with Crippen LogP contribution in [0.1, 0.15) is 5.56 Å². The average molecular weight is 512 g/mol. The lowest BCUT2D eigenvalue weighted by Crippen LogP contribution is -2.69. The van der Waals surface area contributed by atoms with Crippen molar-refractivity contribution in [2.75, 3.05) is 39.4 Å². The zero-order valence-corrected chi connectivity index (χ0v) is 19.1. The van der Waals surface area contributed by atoms with Crippen molar-refractivity contribution in [3.63, 3.8) is 0 Å². The molecule has 0 unspecified atom stereocenters. The molecule has 0 atom stereocenters. The fraction of sp³-hybridized carbons (Fsp3) is 0.381. The van der Waals surface area contributed by atoms with Gasteiger partial charge in [-0.2, -0.15) is 0 Å². The summed E-state index contributed by atoms with van der Waals surface area (Å²) >= 11 is 1.03. The van der Waals surface area contributed by atoms with Crippen LogP contribution in [0.4, 0.5) is 5.69 Å². The van der Waals surface area contributed by atoms with Gasteiger partial charge in [0.2, 0.25) is 11.5 Å². The van der Waals surface area contributed by atoms with Crippen molar-refractivity contribution >= 4 is 23.3 Å². The van der Waals surface area contributed by atoms with Gasteiger partial charge in [0, 0.05) is 36.6 Å². The minimum absolute atomic E-state index is 0.0370. The monoisotopic (exact) mass is 511 g/mol. The van der Waals surface area contributed by atoms with Crippen LogP contribution in [0, 0.1) is 0 Å². The number of aliphatic imine (C=N–C) groups is 1. The highest BCUT2D eigenvalue weighted by Gasteiger charge is 2.54. The highest BCUT2D eigenvalue weighted by Crippen LogP contribution is 2.57. The van der Waals surface area contributed by atoms with Gasteiger partial charge in [-0.1, -0.05) is 30.0 Å². The topological polar surface area (TPSA) is 210 Å². The number of phenols is 4. The molecule has 190 valence electrons. The summed E-state index contributed by atoms with van der Waals surface area (Å²) in [6.45, 7) is -1.05. The largest absolute Gasteiger partial charge is 0.503 e. The van der Waals surface area contributed by atoms with Crippen LogP contribution < -0.4 is 0 Å². The van der Waals surface area contributed by atoms with E-state index >= 15 is 0 Å². The maximum Gasteiger partial charge on any atom is 0.351 e. The summed E-state index contributed by atoms with van der Waals surface area (Å²) in [4.78, 5) is 7.87. The highest BCUT2D eigenvalue weighted by atomic mass is 32.2. The summed E-state index contributed by atoms with van der Waals surface area (Å²) in [5, 5.41) is 90.3. The number of amidine groups is 1. The van der Waals surface area contributed by atoms with Crippen LogP contribution in [0.2, 0.25) is 0 Å². The molecule has 0 radical (unpaired) electrons. The van der Waals surface area contributed by atoms with E-state index in [1.54, 1.807) is 29.2 Å². The lowest BCUT2D eigenvalue weighted by Gasteiger charge is -2.45. The molecule has 35 heavy (non-hydrogen) atoms. The van der Waals surface area contributed by atoms with Gasteiger partial charge in [0.25, 0.3) is 0 Å². The summed E-state index contributed by atoms with van der Waals surface area (Å²) in [5.74, 6) is -9.38. The van der Waals surface area contributed by atoms with Crippen molar-refractivity contribution in [3.05, 3.63) is 29.8 Å². The van der Waals surface area contributed by atoms with Crippen LogP contribution in [0.25, 0.3) is 0 Å². The number of aromatic hydroxyl groups is 4. The minimum Gasteiger partial charge on any atom is -0.503 e. The molecule has 0 aliphatic carbocycles. The first-order valence-electron chi connectivity index (χ1n) is 10.5. The molecule has 1 saturated heterocycles. The molecule has 0 bridgehead atoms. The van der Waals surface area contributed by atoms with Crippen LogP contribution in [0.15, 0.2) is 39.0 Å². The van der Waals surface area contributed by atoms with E-state index in [2.05, 4.69) is 9.73 Å². The summed E-state index contributed by atoms with van der Waals surface area (Å²) in [5.41, 5.74) is 0.460. The molecule has 0 amide bonds. The Morgan fingerprint density at radius 3 is 2.17 bits per heavy atom. The normalized spacial score (nSPS) is 16.9. The molecule has 14 heteroatoms. The van der Waals surface area contributed by atoms with Crippen molar-refractivity contribution in [2.24, 2.45) is 4.99 Å². The van der Waals surface area contributed by atoms with Gasteiger partial charge in [-0.05, 0) is 6.07 Å². The fourth-order valence-electron chi connectivity index (χ4n) is 3.84. The zero-order valence-electron chi connectivity index (χ0n) is 18.2. The number of fused-ring (bicyclic) bond motifs is 2. The van der Waals surface area contributed by atoms with Gasteiger partial charge in [-0.25, -0.2) is 9.89 Å². The molecule has 13 nitrogen and oxygen atoms in total. The van der Waals surface area contributed by atoms with Crippen molar-refractivity contribution < 1.29 is 50.7 Å². The first-order chi connectivity index (χ1) is 16.5. The Bertz CT molecular complexity index is 1150. The summed E-state index contributed by atoms with van der Waals surface area (Å²) in [7, 11) is 0. The summed E-state index contributed by atoms with van der Waals surface area (Å²) in [6.07, 6.45) is 0. The van der Waals surface area contributed by atoms with Gasteiger partial charge >= 0.3 is 11.9 Å². The molecule has 0 spiro atoms. The van der Waals surface area contributed by atoms with E-state index in [9.17, 15) is 40.9 Å².